The average Bonchev–Trinajstić information content (AvgIpc) is 2.55. The highest BCUT2D eigenvalue weighted by molar-refractivity contribution is 7.89. The topological polar surface area (TPSA) is 113 Å². The van der Waals surface area contributed by atoms with Crippen LogP contribution >= 0.6 is 0 Å². The Bertz CT molecular complexity index is 823. The van der Waals surface area contributed by atoms with Gasteiger partial charge in [0, 0.05) is 6.42 Å². The molecule has 0 aromatic heterocycles. The van der Waals surface area contributed by atoms with Crippen LogP contribution in [0.4, 0.5) is 4.79 Å². The maximum absolute atomic E-state index is 12.3. The van der Waals surface area contributed by atoms with Gasteiger partial charge in [0.05, 0.1) is 5.75 Å². The number of benzene rings is 2. The molecular formula is C17H18N2O5S. The van der Waals surface area contributed by atoms with Gasteiger partial charge in [-0.25, -0.2) is 13.2 Å². The van der Waals surface area contributed by atoms with Crippen LogP contribution in [-0.2, 0) is 27.0 Å². The molecule has 0 aliphatic heterocycles. The maximum Gasteiger partial charge on any atom is 0.405 e. The number of carboxylic acid groups (broad SMARTS) is 1. The van der Waals surface area contributed by atoms with Crippen LogP contribution < -0.4 is 10.0 Å². The third-order valence-corrected chi connectivity index (χ3v) is 4.58. The van der Waals surface area contributed by atoms with Gasteiger partial charge in [-0.3, -0.25) is 9.52 Å². The van der Waals surface area contributed by atoms with Gasteiger partial charge in [0.2, 0.25) is 10.0 Å². The number of nitrogens with one attached hydrogen (secondary N) is 2. The number of hydrogen-bond acceptors (Lipinski definition) is 4. The molecule has 0 bridgehead atoms. The Morgan fingerprint density at radius 3 is 1.96 bits per heavy atom. The summed E-state index contributed by atoms with van der Waals surface area (Å²) in [6, 6.07) is 15.9. The molecular weight excluding hydrogens is 344 g/mol. The molecule has 0 heterocycles. The van der Waals surface area contributed by atoms with Crippen molar-refractivity contribution >= 4 is 22.0 Å². The Hall–Kier alpha value is -2.87. The predicted octanol–water partition coefficient (Wildman–Crippen LogP) is 1.51. The Labute approximate surface area is 145 Å². The van der Waals surface area contributed by atoms with E-state index in [0.717, 1.165) is 0 Å². The molecule has 0 saturated heterocycles. The van der Waals surface area contributed by atoms with Crippen LogP contribution in [0.2, 0.25) is 0 Å². The number of rotatable bonds is 7. The van der Waals surface area contributed by atoms with Gasteiger partial charge in [-0.1, -0.05) is 60.7 Å². The summed E-state index contributed by atoms with van der Waals surface area (Å²) in [4.78, 5) is 23.2. The van der Waals surface area contributed by atoms with Gasteiger partial charge < -0.3 is 10.4 Å². The van der Waals surface area contributed by atoms with Gasteiger partial charge in [-0.05, 0) is 11.1 Å². The summed E-state index contributed by atoms with van der Waals surface area (Å²) in [5, 5.41) is 11.0. The average molecular weight is 362 g/mol. The van der Waals surface area contributed by atoms with Gasteiger partial charge in [-0.15, -0.1) is 0 Å². The van der Waals surface area contributed by atoms with Crippen molar-refractivity contribution in [2.75, 3.05) is 0 Å². The van der Waals surface area contributed by atoms with E-state index in [9.17, 15) is 18.0 Å². The SMILES string of the molecule is O=C(O)NC(Cc1ccccc1)C(=O)NS(=O)(=O)Cc1ccccc1. The standard InChI is InChI=1S/C17H18N2O5S/c20-16(19-25(23,24)12-14-9-5-2-6-10-14)15(18-17(21)22)11-13-7-3-1-4-8-13/h1-10,15,18H,11-12H2,(H,19,20)(H,21,22). The lowest BCUT2D eigenvalue weighted by Crippen LogP contribution is -2.49. The quantitative estimate of drug-likeness (QED) is 0.691. The minimum absolute atomic E-state index is 0.0415. The maximum atomic E-state index is 12.3. The summed E-state index contributed by atoms with van der Waals surface area (Å²) in [6.45, 7) is 0. The van der Waals surface area contributed by atoms with Gasteiger partial charge >= 0.3 is 6.09 Å². The van der Waals surface area contributed by atoms with Crippen molar-refractivity contribution in [1.29, 1.82) is 0 Å². The number of sulfonamides is 1. The zero-order valence-corrected chi connectivity index (χ0v) is 14.1. The largest absolute Gasteiger partial charge is 0.465 e. The number of hydrogen-bond donors (Lipinski definition) is 3. The van der Waals surface area contributed by atoms with E-state index in [4.69, 9.17) is 5.11 Å². The summed E-state index contributed by atoms with van der Waals surface area (Å²) >= 11 is 0. The molecule has 8 heteroatoms. The van der Waals surface area contributed by atoms with Gasteiger partial charge in [-0.2, -0.15) is 0 Å². The van der Waals surface area contributed by atoms with Crippen LogP contribution in [0, 0.1) is 0 Å². The number of amides is 2. The lowest BCUT2D eigenvalue weighted by molar-refractivity contribution is -0.121. The first-order valence-electron chi connectivity index (χ1n) is 7.47. The Morgan fingerprint density at radius 1 is 0.920 bits per heavy atom. The highest BCUT2D eigenvalue weighted by atomic mass is 32.2. The molecule has 132 valence electrons. The normalized spacial score (nSPS) is 12.2. The monoisotopic (exact) mass is 362 g/mol. The molecule has 3 N–H and O–H groups in total. The molecule has 0 radical (unpaired) electrons. The summed E-state index contributed by atoms with van der Waals surface area (Å²) in [5.74, 6) is -1.28. The van der Waals surface area contributed by atoms with Crippen molar-refractivity contribution < 1.29 is 23.1 Å². The highest BCUT2D eigenvalue weighted by Crippen LogP contribution is 2.07. The predicted molar refractivity (Wildman–Crippen MR) is 92.3 cm³/mol. The molecule has 2 aromatic carbocycles. The van der Waals surface area contributed by atoms with Gasteiger partial charge in [0.25, 0.3) is 5.91 Å². The zero-order valence-electron chi connectivity index (χ0n) is 13.3. The van der Waals surface area contributed by atoms with E-state index in [2.05, 4.69) is 5.32 Å². The Balaban J connectivity index is 2.08. The molecule has 2 rings (SSSR count). The molecule has 0 spiro atoms. The fourth-order valence-electron chi connectivity index (χ4n) is 2.26. The fraction of sp³-hybridized carbons (Fsp3) is 0.176. The van der Waals surface area contributed by atoms with Gasteiger partial charge in [0.15, 0.2) is 0 Å². The Morgan fingerprint density at radius 2 is 1.44 bits per heavy atom. The molecule has 2 aromatic rings. The van der Waals surface area contributed by atoms with Crippen molar-refractivity contribution in [2.24, 2.45) is 0 Å². The first-order chi connectivity index (χ1) is 11.9. The van der Waals surface area contributed by atoms with E-state index in [0.29, 0.717) is 11.1 Å². The second kappa shape index (κ2) is 8.29. The van der Waals surface area contributed by atoms with Crippen LogP contribution in [0.1, 0.15) is 11.1 Å². The van der Waals surface area contributed by atoms with E-state index in [1.54, 1.807) is 60.7 Å². The molecule has 7 nitrogen and oxygen atoms in total. The molecule has 1 unspecified atom stereocenters. The van der Waals surface area contributed by atoms with Crippen LogP contribution in [0.15, 0.2) is 60.7 Å². The van der Waals surface area contributed by atoms with E-state index in [1.165, 1.54) is 0 Å². The lowest BCUT2D eigenvalue weighted by atomic mass is 10.1. The summed E-state index contributed by atoms with van der Waals surface area (Å²) in [5.41, 5.74) is 1.23. The third-order valence-electron chi connectivity index (χ3n) is 3.35. The smallest absolute Gasteiger partial charge is 0.405 e. The zero-order chi connectivity index (χ0) is 18.3. The molecule has 2 amide bonds. The molecule has 0 fully saturated rings. The molecule has 0 aliphatic rings. The fourth-order valence-corrected chi connectivity index (χ4v) is 3.41. The molecule has 0 saturated carbocycles. The van der Waals surface area contributed by atoms with E-state index in [1.807, 2.05) is 4.72 Å². The first-order valence-corrected chi connectivity index (χ1v) is 9.12. The first kappa shape index (κ1) is 18.5. The van der Waals surface area contributed by atoms with Crippen molar-refractivity contribution in [2.45, 2.75) is 18.2 Å². The van der Waals surface area contributed by atoms with Crippen molar-refractivity contribution in [3.8, 4) is 0 Å². The van der Waals surface area contributed by atoms with Gasteiger partial charge in [0.1, 0.15) is 6.04 Å². The van der Waals surface area contributed by atoms with Crippen LogP contribution in [0.5, 0.6) is 0 Å². The van der Waals surface area contributed by atoms with E-state index in [-0.39, 0.29) is 12.2 Å². The van der Waals surface area contributed by atoms with Crippen molar-refractivity contribution in [3.05, 3.63) is 71.8 Å². The molecule has 1 atom stereocenters. The second-order valence-corrected chi connectivity index (χ2v) is 7.13. The molecule has 25 heavy (non-hydrogen) atoms. The highest BCUT2D eigenvalue weighted by Gasteiger charge is 2.25. The number of carbonyl (C=O) groups is 2. The lowest BCUT2D eigenvalue weighted by Gasteiger charge is -2.17. The van der Waals surface area contributed by atoms with Crippen LogP contribution in [-0.4, -0.2) is 31.6 Å². The van der Waals surface area contributed by atoms with E-state index < -0.39 is 28.1 Å². The van der Waals surface area contributed by atoms with E-state index >= 15 is 0 Å². The Kier molecular flexibility index (Phi) is 6.13. The molecule has 0 aliphatic carbocycles. The minimum atomic E-state index is -3.94. The van der Waals surface area contributed by atoms with Crippen LogP contribution in [0.3, 0.4) is 0 Å². The summed E-state index contributed by atoms with van der Waals surface area (Å²) < 4.78 is 26.2. The number of carbonyl (C=O) groups excluding carboxylic acids is 1. The minimum Gasteiger partial charge on any atom is -0.465 e. The second-order valence-electron chi connectivity index (χ2n) is 5.40. The van der Waals surface area contributed by atoms with Crippen molar-refractivity contribution in [1.82, 2.24) is 10.0 Å². The van der Waals surface area contributed by atoms with Crippen molar-refractivity contribution in [3.63, 3.8) is 0 Å². The third kappa shape index (κ3) is 6.27. The summed E-state index contributed by atoms with van der Waals surface area (Å²) in [6.07, 6.45) is -1.36. The summed E-state index contributed by atoms with van der Waals surface area (Å²) in [7, 11) is -3.94. The van der Waals surface area contributed by atoms with Crippen LogP contribution in [0.25, 0.3) is 0 Å².